The zero-order chi connectivity index (χ0) is 15.2. The summed E-state index contributed by atoms with van der Waals surface area (Å²) in [6.45, 7) is 4.56. The van der Waals surface area contributed by atoms with Crippen LogP contribution in [-0.4, -0.2) is 18.2 Å². The standard InChI is InChI=1S/C18H25NO2/c1-3-14-4-6-15(7-5-14)12-19-18(21)17-10-8-16(9-11-17)13(2)20/h8-11,14-15H,3-7,12H2,1-2H3,(H,19,21). The van der Waals surface area contributed by atoms with E-state index in [1.165, 1.54) is 39.0 Å². The summed E-state index contributed by atoms with van der Waals surface area (Å²) in [4.78, 5) is 23.3. The molecule has 1 aliphatic carbocycles. The van der Waals surface area contributed by atoms with Crippen LogP contribution in [0, 0.1) is 11.8 Å². The zero-order valence-electron chi connectivity index (χ0n) is 13.0. The van der Waals surface area contributed by atoms with Crippen LogP contribution in [0.25, 0.3) is 0 Å². The van der Waals surface area contributed by atoms with E-state index in [-0.39, 0.29) is 11.7 Å². The molecule has 1 aromatic rings. The minimum Gasteiger partial charge on any atom is -0.352 e. The molecule has 3 heteroatoms. The Kier molecular flexibility index (Phi) is 5.54. The maximum Gasteiger partial charge on any atom is 0.251 e. The van der Waals surface area contributed by atoms with E-state index in [0.29, 0.717) is 17.0 Å². The topological polar surface area (TPSA) is 46.2 Å². The molecule has 2 rings (SSSR count). The van der Waals surface area contributed by atoms with Crippen molar-refractivity contribution in [3.8, 4) is 0 Å². The number of rotatable bonds is 5. The molecular weight excluding hydrogens is 262 g/mol. The Balaban J connectivity index is 1.80. The first kappa shape index (κ1) is 15.7. The lowest BCUT2D eigenvalue weighted by Crippen LogP contribution is -2.31. The summed E-state index contributed by atoms with van der Waals surface area (Å²) >= 11 is 0. The number of nitrogens with one attached hydrogen (secondary N) is 1. The second-order valence-electron chi connectivity index (χ2n) is 6.14. The van der Waals surface area contributed by atoms with Gasteiger partial charge in [-0.3, -0.25) is 9.59 Å². The highest BCUT2D eigenvalue weighted by Crippen LogP contribution is 2.30. The Morgan fingerprint density at radius 3 is 2.05 bits per heavy atom. The number of carbonyl (C=O) groups is 2. The number of amides is 1. The lowest BCUT2D eigenvalue weighted by atomic mass is 9.81. The molecule has 1 N–H and O–H groups in total. The molecule has 1 saturated carbocycles. The van der Waals surface area contributed by atoms with Crippen LogP contribution in [0.4, 0.5) is 0 Å². The van der Waals surface area contributed by atoms with Crippen LogP contribution < -0.4 is 5.32 Å². The maximum atomic E-state index is 12.1. The quantitative estimate of drug-likeness (QED) is 0.836. The van der Waals surface area contributed by atoms with E-state index < -0.39 is 0 Å². The average molecular weight is 287 g/mol. The molecule has 0 bridgehead atoms. The normalized spacial score (nSPS) is 21.8. The number of ketones is 1. The fourth-order valence-electron chi connectivity index (χ4n) is 3.04. The summed E-state index contributed by atoms with van der Waals surface area (Å²) in [7, 11) is 0. The van der Waals surface area contributed by atoms with Crippen molar-refractivity contribution in [1.29, 1.82) is 0 Å². The molecule has 1 aliphatic rings. The summed E-state index contributed by atoms with van der Waals surface area (Å²) in [5, 5.41) is 3.03. The Hall–Kier alpha value is -1.64. The number of benzene rings is 1. The maximum absolute atomic E-state index is 12.1. The van der Waals surface area contributed by atoms with E-state index >= 15 is 0 Å². The van der Waals surface area contributed by atoms with Crippen molar-refractivity contribution in [2.75, 3.05) is 6.54 Å². The van der Waals surface area contributed by atoms with E-state index in [1.54, 1.807) is 24.3 Å². The molecular formula is C18H25NO2. The smallest absolute Gasteiger partial charge is 0.251 e. The van der Waals surface area contributed by atoms with Crippen LogP contribution in [0.5, 0.6) is 0 Å². The third kappa shape index (κ3) is 4.42. The van der Waals surface area contributed by atoms with Gasteiger partial charge in [-0.1, -0.05) is 38.3 Å². The Labute approximate surface area is 127 Å². The highest BCUT2D eigenvalue weighted by Gasteiger charge is 2.20. The van der Waals surface area contributed by atoms with Crippen molar-refractivity contribution in [3.05, 3.63) is 35.4 Å². The zero-order valence-corrected chi connectivity index (χ0v) is 13.0. The molecule has 1 fully saturated rings. The molecule has 114 valence electrons. The SMILES string of the molecule is CCC1CCC(CNC(=O)c2ccc(C(C)=O)cc2)CC1. The number of hydrogen-bond donors (Lipinski definition) is 1. The molecule has 1 amide bonds. The van der Waals surface area contributed by atoms with Crippen LogP contribution in [0.1, 0.15) is 66.7 Å². The number of Topliss-reactive ketones (excluding diaryl/α,β-unsaturated/α-hetero) is 1. The third-order valence-electron chi connectivity index (χ3n) is 4.65. The minimum atomic E-state index is -0.0392. The van der Waals surface area contributed by atoms with Crippen molar-refractivity contribution < 1.29 is 9.59 Å². The number of carbonyl (C=O) groups excluding carboxylic acids is 2. The van der Waals surface area contributed by atoms with Gasteiger partial charge in [-0.25, -0.2) is 0 Å². The largest absolute Gasteiger partial charge is 0.352 e. The van der Waals surface area contributed by atoms with Gasteiger partial charge in [0.1, 0.15) is 0 Å². The van der Waals surface area contributed by atoms with Crippen molar-refractivity contribution in [2.24, 2.45) is 11.8 Å². The highest BCUT2D eigenvalue weighted by molar-refractivity contribution is 5.97. The predicted molar refractivity (Wildman–Crippen MR) is 84.5 cm³/mol. The molecule has 0 aromatic heterocycles. The van der Waals surface area contributed by atoms with Crippen molar-refractivity contribution in [3.63, 3.8) is 0 Å². The summed E-state index contributed by atoms with van der Waals surface area (Å²) in [5.41, 5.74) is 1.27. The predicted octanol–water partition coefficient (Wildman–Crippen LogP) is 3.84. The summed E-state index contributed by atoms with van der Waals surface area (Å²) in [6, 6.07) is 6.87. The van der Waals surface area contributed by atoms with Crippen LogP contribution >= 0.6 is 0 Å². The lowest BCUT2D eigenvalue weighted by Gasteiger charge is -2.27. The monoisotopic (exact) mass is 287 g/mol. The first-order chi connectivity index (χ1) is 10.1. The van der Waals surface area contributed by atoms with Crippen LogP contribution in [0.3, 0.4) is 0 Å². The molecule has 0 unspecified atom stereocenters. The molecule has 0 saturated heterocycles. The highest BCUT2D eigenvalue weighted by atomic mass is 16.1. The van der Waals surface area contributed by atoms with E-state index in [9.17, 15) is 9.59 Å². The van der Waals surface area contributed by atoms with Crippen LogP contribution in [0.2, 0.25) is 0 Å². The van der Waals surface area contributed by atoms with Gasteiger partial charge in [0.2, 0.25) is 0 Å². The first-order valence-corrected chi connectivity index (χ1v) is 7.99. The molecule has 1 aromatic carbocycles. The van der Waals surface area contributed by atoms with Gasteiger partial charge in [0.05, 0.1) is 0 Å². The van der Waals surface area contributed by atoms with E-state index in [0.717, 1.165) is 12.5 Å². The van der Waals surface area contributed by atoms with Crippen LogP contribution in [-0.2, 0) is 0 Å². The average Bonchev–Trinajstić information content (AvgIpc) is 2.53. The first-order valence-electron chi connectivity index (χ1n) is 7.99. The third-order valence-corrected chi connectivity index (χ3v) is 4.65. The van der Waals surface area contributed by atoms with Gasteiger partial charge in [-0.2, -0.15) is 0 Å². The summed E-state index contributed by atoms with van der Waals surface area (Å²) < 4.78 is 0. The molecule has 0 heterocycles. The van der Waals surface area contributed by atoms with Crippen molar-refractivity contribution >= 4 is 11.7 Å². The number of hydrogen-bond acceptors (Lipinski definition) is 2. The van der Waals surface area contributed by atoms with Gasteiger partial charge in [0.15, 0.2) is 5.78 Å². The van der Waals surface area contributed by atoms with Gasteiger partial charge in [-0.05, 0) is 43.7 Å². The molecule has 3 nitrogen and oxygen atoms in total. The van der Waals surface area contributed by atoms with Crippen molar-refractivity contribution in [1.82, 2.24) is 5.32 Å². The molecule has 0 aliphatic heterocycles. The van der Waals surface area contributed by atoms with E-state index in [2.05, 4.69) is 12.2 Å². The fourth-order valence-corrected chi connectivity index (χ4v) is 3.04. The molecule has 0 atom stereocenters. The lowest BCUT2D eigenvalue weighted by molar-refractivity contribution is 0.0939. The second-order valence-corrected chi connectivity index (χ2v) is 6.14. The van der Waals surface area contributed by atoms with Crippen molar-refractivity contribution in [2.45, 2.75) is 46.0 Å². The van der Waals surface area contributed by atoms with Gasteiger partial charge < -0.3 is 5.32 Å². The minimum absolute atomic E-state index is 0.0228. The Morgan fingerprint density at radius 1 is 1.00 bits per heavy atom. The fraction of sp³-hybridized carbons (Fsp3) is 0.556. The second kappa shape index (κ2) is 7.39. The van der Waals surface area contributed by atoms with Gasteiger partial charge in [0, 0.05) is 17.7 Å². The van der Waals surface area contributed by atoms with Gasteiger partial charge >= 0.3 is 0 Å². The van der Waals surface area contributed by atoms with E-state index in [1.807, 2.05) is 0 Å². The van der Waals surface area contributed by atoms with Gasteiger partial charge in [0.25, 0.3) is 5.91 Å². The van der Waals surface area contributed by atoms with Crippen LogP contribution in [0.15, 0.2) is 24.3 Å². The summed E-state index contributed by atoms with van der Waals surface area (Å²) in [5.74, 6) is 1.49. The van der Waals surface area contributed by atoms with Gasteiger partial charge in [-0.15, -0.1) is 0 Å². The summed E-state index contributed by atoms with van der Waals surface area (Å²) in [6.07, 6.45) is 6.32. The molecule has 21 heavy (non-hydrogen) atoms. The Bertz CT molecular complexity index is 484. The van der Waals surface area contributed by atoms with E-state index in [4.69, 9.17) is 0 Å². The molecule has 0 spiro atoms. The Morgan fingerprint density at radius 2 is 1.52 bits per heavy atom. The molecule has 0 radical (unpaired) electrons.